The number of hydrogen-bond acceptors (Lipinski definition) is 2. The largest absolute Gasteiger partial charge is 0.573 e. The molecule has 0 amide bonds. The Kier molecular flexibility index (Phi) is 8.07. The Morgan fingerprint density at radius 1 is 1.00 bits per heavy atom. The lowest BCUT2D eigenvalue weighted by Gasteiger charge is -2.18. The van der Waals surface area contributed by atoms with Gasteiger partial charge in [-0.05, 0) is 55.9 Å². The molecule has 0 radical (unpaired) electrons. The van der Waals surface area contributed by atoms with E-state index in [1.807, 2.05) is 12.1 Å². The first-order chi connectivity index (χ1) is 13.3. The van der Waals surface area contributed by atoms with Crippen molar-refractivity contribution in [2.45, 2.75) is 33.3 Å². The third-order valence-corrected chi connectivity index (χ3v) is 4.59. The Labute approximate surface area is 168 Å². The molecule has 0 spiro atoms. The highest BCUT2D eigenvalue weighted by atomic mass is 32.1. The fourth-order valence-corrected chi connectivity index (χ4v) is 2.95. The monoisotopic (exact) mass is 412 g/mol. The number of alkyl halides is 3. The summed E-state index contributed by atoms with van der Waals surface area (Å²) in [5.41, 5.74) is 3.01. The van der Waals surface area contributed by atoms with Gasteiger partial charge in [0.15, 0.2) is 5.11 Å². The summed E-state index contributed by atoms with van der Waals surface area (Å²) in [5, 5.41) is 6.51. The predicted molar refractivity (Wildman–Crippen MR) is 108 cm³/mol. The summed E-state index contributed by atoms with van der Waals surface area (Å²) < 4.78 is 40.5. The Morgan fingerprint density at radius 3 is 2.18 bits per heavy atom. The smallest absolute Gasteiger partial charge is 0.406 e. The molecule has 2 aromatic rings. The summed E-state index contributed by atoms with van der Waals surface area (Å²) in [6.07, 6.45) is -4.70. The summed E-state index contributed by atoms with van der Waals surface area (Å²) in [6.45, 7) is 7.98. The zero-order chi connectivity index (χ0) is 20.6. The zero-order valence-electron chi connectivity index (χ0n) is 15.9. The highest BCUT2D eigenvalue weighted by Gasteiger charge is 2.30. The molecule has 0 saturated heterocycles. The first-order valence-electron chi connectivity index (χ1n) is 9.11. The van der Waals surface area contributed by atoms with E-state index in [9.17, 15) is 13.2 Å². The molecule has 0 aliphatic heterocycles. The molecule has 0 unspecified atom stereocenters. The molecule has 0 aliphatic rings. The van der Waals surface area contributed by atoms with E-state index in [-0.39, 0.29) is 5.75 Å². The molecule has 0 atom stereocenters. The minimum absolute atomic E-state index is 0.273. The van der Waals surface area contributed by atoms with Crippen molar-refractivity contribution in [1.82, 2.24) is 5.32 Å². The molecule has 2 rings (SSSR count). The normalized spacial score (nSPS) is 11.4. The zero-order valence-corrected chi connectivity index (χ0v) is 16.7. The molecule has 0 bridgehead atoms. The quantitative estimate of drug-likeness (QED) is 0.581. The van der Waals surface area contributed by atoms with Gasteiger partial charge in [-0.3, -0.25) is 0 Å². The van der Waals surface area contributed by atoms with Crippen molar-refractivity contribution in [1.29, 1.82) is 0 Å². The summed E-state index contributed by atoms with van der Waals surface area (Å²) in [4.78, 5) is 1.49. The molecule has 152 valence electrons. The lowest BCUT2D eigenvalue weighted by Crippen LogP contribution is -3.10. The average Bonchev–Trinajstić information content (AvgIpc) is 2.65. The van der Waals surface area contributed by atoms with Crippen LogP contribution in [0.15, 0.2) is 48.5 Å². The van der Waals surface area contributed by atoms with Crippen molar-refractivity contribution in [3.63, 3.8) is 0 Å². The lowest BCUT2D eigenvalue weighted by molar-refractivity contribution is -0.910. The van der Waals surface area contributed by atoms with Crippen LogP contribution in [0.25, 0.3) is 0 Å². The molecule has 0 saturated carbocycles. The van der Waals surface area contributed by atoms with Crippen LogP contribution < -0.4 is 20.3 Å². The van der Waals surface area contributed by atoms with Crippen LogP contribution in [0.5, 0.6) is 5.75 Å². The third-order valence-electron chi connectivity index (χ3n) is 4.34. The molecule has 0 aromatic heterocycles. The van der Waals surface area contributed by atoms with Crippen LogP contribution in [0.2, 0.25) is 0 Å². The van der Waals surface area contributed by atoms with Crippen molar-refractivity contribution in [3.8, 4) is 5.75 Å². The van der Waals surface area contributed by atoms with Gasteiger partial charge >= 0.3 is 6.36 Å². The summed E-state index contributed by atoms with van der Waals surface area (Å²) >= 11 is 5.29. The van der Waals surface area contributed by atoms with Gasteiger partial charge in [0, 0.05) is 17.8 Å². The minimum atomic E-state index is -4.70. The molecule has 3 N–H and O–H groups in total. The van der Waals surface area contributed by atoms with Crippen molar-refractivity contribution in [3.05, 3.63) is 59.7 Å². The Balaban J connectivity index is 1.91. The lowest BCUT2D eigenvalue weighted by atomic mass is 10.1. The number of halogens is 3. The summed E-state index contributed by atoms with van der Waals surface area (Å²) in [6, 6.07) is 13.6. The molecule has 8 heteroatoms. The van der Waals surface area contributed by atoms with Crippen LogP contribution >= 0.6 is 12.2 Å². The minimum Gasteiger partial charge on any atom is -0.406 e. The number of nitrogens with one attached hydrogen (secondary N) is 3. The van der Waals surface area contributed by atoms with Crippen molar-refractivity contribution < 1.29 is 22.8 Å². The van der Waals surface area contributed by atoms with Crippen molar-refractivity contribution in [2.75, 3.05) is 18.4 Å². The first kappa shape index (κ1) is 22.0. The molecule has 0 fully saturated rings. The first-order valence-corrected chi connectivity index (χ1v) is 9.52. The van der Waals surface area contributed by atoms with Gasteiger partial charge in [0.25, 0.3) is 0 Å². The standard InChI is InChI=1S/C20H24F3N3OS/c1-3-26(4-2)14-16-8-6-5-7-15(16)13-24-19(28)25-17-9-11-18(12-10-17)27-20(21,22)23/h5-12H,3-4,13-14H2,1-2H3,(H2,24,25,28)/p+1. The molecule has 4 nitrogen and oxygen atoms in total. The van der Waals surface area contributed by atoms with E-state index in [0.29, 0.717) is 17.3 Å². The number of hydrogen-bond donors (Lipinski definition) is 3. The molecule has 0 aliphatic carbocycles. The summed E-state index contributed by atoms with van der Waals surface area (Å²) in [7, 11) is 0. The van der Waals surface area contributed by atoms with E-state index in [1.54, 1.807) is 0 Å². The van der Waals surface area contributed by atoms with Gasteiger partial charge in [0.05, 0.1) is 13.1 Å². The van der Waals surface area contributed by atoms with Gasteiger partial charge in [0.1, 0.15) is 12.3 Å². The van der Waals surface area contributed by atoms with E-state index < -0.39 is 6.36 Å². The van der Waals surface area contributed by atoms with Gasteiger partial charge in [-0.15, -0.1) is 13.2 Å². The number of ether oxygens (including phenoxy) is 1. The van der Waals surface area contributed by atoms with E-state index in [0.717, 1.165) is 19.6 Å². The SMILES string of the molecule is CC[NH+](CC)Cc1ccccc1CNC(=S)Nc1ccc(OC(F)(F)F)cc1. The van der Waals surface area contributed by atoms with Gasteiger partial charge in [-0.2, -0.15) is 0 Å². The average molecular weight is 413 g/mol. The molecular weight excluding hydrogens is 387 g/mol. The number of rotatable bonds is 8. The van der Waals surface area contributed by atoms with Crippen LogP contribution in [-0.4, -0.2) is 24.6 Å². The maximum absolute atomic E-state index is 12.2. The van der Waals surface area contributed by atoms with E-state index in [2.05, 4.69) is 41.4 Å². The Hall–Kier alpha value is -2.32. The van der Waals surface area contributed by atoms with Crippen LogP contribution in [0.4, 0.5) is 18.9 Å². The number of thiocarbonyl (C=S) groups is 1. The maximum Gasteiger partial charge on any atom is 0.573 e. The molecular formula is C20H25F3N3OS+. The van der Waals surface area contributed by atoms with Crippen LogP contribution in [0, 0.1) is 0 Å². The van der Waals surface area contributed by atoms with Gasteiger partial charge in [-0.25, -0.2) is 0 Å². The number of anilines is 1. The highest BCUT2D eigenvalue weighted by Crippen LogP contribution is 2.23. The van der Waals surface area contributed by atoms with Crippen LogP contribution in [0.3, 0.4) is 0 Å². The maximum atomic E-state index is 12.2. The second-order valence-electron chi connectivity index (χ2n) is 6.28. The van der Waals surface area contributed by atoms with Crippen molar-refractivity contribution in [2.24, 2.45) is 0 Å². The summed E-state index contributed by atoms with van der Waals surface area (Å²) in [5.74, 6) is -0.273. The predicted octanol–water partition coefficient (Wildman–Crippen LogP) is 3.50. The Bertz CT molecular complexity index is 762. The second kappa shape index (κ2) is 10.3. The fourth-order valence-electron chi connectivity index (χ4n) is 2.76. The van der Waals surface area contributed by atoms with Crippen LogP contribution in [-0.2, 0) is 13.1 Å². The van der Waals surface area contributed by atoms with E-state index in [1.165, 1.54) is 40.3 Å². The van der Waals surface area contributed by atoms with Crippen molar-refractivity contribution >= 4 is 23.0 Å². The van der Waals surface area contributed by atoms with E-state index in [4.69, 9.17) is 12.2 Å². The topological polar surface area (TPSA) is 37.7 Å². The third kappa shape index (κ3) is 7.36. The molecule has 2 aromatic carbocycles. The number of benzene rings is 2. The van der Waals surface area contributed by atoms with Gasteiger partial charge in [-0.1, -0.05) is 24.3 Å². The Morgan fingerprint density at radius 2 is 1.61 bits per heavy atom. The van der Waals surface area contributed by atoms with E-state index >= 15 is 0 Å². The van der Waals surface area contributed by atoms with Gasteiger partial charge in [0.2, 0.25) is 0 Å². The van der Waals surface area contributed by atoms with Crippen LogP contribution in [0.1, 0.15) is 25.0 Å². The fraction of sp³-hybridized carbons (Fsp3) is 0.350. The highest BCUT2D eigenvalue weighted by molar-refractivity contribution is 7.80. The molecule has 28 heavy (non-hydrogen) atoms. The number of quaternary nitrogens is 1. The van der Waals surface area contributed by atoms with Gasteiger partial charge < -0.3 is 20.3 Å². The molecule has 0 heterocycles. The second-order valence-corrected chi connectivity index (χ2v) is 6.69.